The highest BCUT2D eigenvalue weighted by molar-refractivity contribution is 5.97. The van der Waals surface area contributed by atoms with Gasteiger partial charge in [-0.1, -0.05) is 6.07 Å². The van der Waals surface area contributed by atoms with Crippen molar-refractivity contribution in [3.05, 3.63) is 29.8 Å². The second kappa shape index (κ2) is 12.3. The number of urea groups is 1. The zero-order chi connectivity index (χ0) is 20.5. The van der Waals surface area contributed by atoms with Crippen molar-refractivity contribution in [3.8, 4) is 0 Å². The lowest BCUT2D eigenvalue weighted by atomic mass is 10.0. The summed E-state index contributed by atoms with van der Waals surface area (Å²) in [4.78, 5) is 38.5. The molecule has 1 aliphatic heterocycles. The highest BCUT2D eigenvalue weighted by Gasteiger charge is 2.27. The molecule has 0 aromatic heterocycles. The highest BCUT2D eigenvalue weighted by Crippen LogP contribution is 2.21. The van der Waals surface area contributed by atoms with Crippen LogP contribution in [0.2, 0.25) is 0 Å². The van der Waals surface area contributed by atoms with E-state index in [4.69, 9.17) is 5.73 Å². The van der Waals surface area contributed by atoms with Gasteiger partial charge in [0.1, 0.15) is 0 Å². The largest absolute Gasteiger partial charge is 0.354 e. The fourth-order valence-electron chi connectivity index (χ4n) is 3.26. The number of hydrogen-bond acceptors (Lipinski definition) is 4. The van der Waals surface area contributed by atoms with Crippen LogP contribution in [0.15, 0.2) is 24.3 Å². The zero-order valence-corrected chi connectivity index (χ0v) is 17.9. The Bertz CT molecular complexity index is 698. The number of anilines is 1. The summed E-state index contributed by atoms with van der Waals surface area (Å²) < 4.78 is 0. The summed E-state index contributed by atoms with van der Waals surface area (Å²) in [6.07, 6.45) is 3.10. The summed E-state index contributed by atoms with van der Waals surface area (Å²) in [7, 11) is 0. The van der Waals surface area contributed by atoms with Gasteiger partial charge in [-0.15, -0.1) is 12.4 Å². The van der Waals surface area contributed by atoms with Gasteiger partial charge in [-0.2, -0.15) is 0 Å². The van der Waals surface area contributed by atoms with Gasteiger partial charge in [-0.3, -0.25) is 9.59 Å². The molecule has 5 N–H and O–H groups in total. The van der Waals surface area contributed by atoms with E-state index >= 15 is 0 Å². The number of nitrogens with one attached hydrogen (secondary N) is 3. The number of nitrogens with two attached hydrogens (primary N) is 1. The van der Waals surface area contributed by atoms with Gasteiger partial charge in [-0.25, -0.2) is 4.79 Å². The molecule has 1 heterocycles. The average Bonchev–Trinajstić information content (AvgIpc) is 2.66. The molecule has 1 aromatic carbocycles. The van der Waals surface area contributed by atoms with Crippen molar-refractivity contribution in [1.82, 2.24) is 15.5 Å². The molecule has 0 spiro atoms. The van der Waals surface area contributed by atoms with Gasteiger partial charge in [-0.05, 0) is 51.3 Å². The molecule has 9 heteroatoms. The van der Waals surface area contributed by atoms with Crippen molar-refractivity contribution in [1.29, 1.82) is 0 Å². The number of nitrogens with zero attached hydrogens (tertiary/aromatic N) is 1. The number of benzene rings is 1. The third kappa shape index (κ3) is 7.91. The molecule has 4 amide bonds. The summed E-state index contributed by atoms with van der Waals surface area (Å²) in [6, 6.07) is 6.60. The number of carbonyl (C=O) groups excluding carboxylic acids is 3. The van der Waals surface area contributed by atoms with Crippen molar-refractivity contribution in [2.45, 2.75) is 51.6 Å². The zero-order valence-electron chi connectivity index (χ0n) is 17.1. The Kier molecular flexibility index (Phi) is 10.5. The first-order valence-corrected chi connectivity index (χ1v) is 9.86. The fraction of sp³-hybridized carbons (Fsp3) is 0.550. The second-order valence-electron chi connectivity index (χ2n) is 7.32. The number of piperidine rings is 1. The monoisotopic (exact) mass is 425 g/mol. The van der Waals surface area contributed by atoms with E-state index < -0.39 is 0 Å². The standard InChI is InChI=1S/C20H31N5O3.ClH/c1-14(2)23-20(28)24-16-7-5-6-15(12-16)19(27)25-11-4-3-8-17(25)13-22-18(26)9-10-21;/h5-7,12,14,17H,3-4,8-11,13,21H2,1-2H3,(H,22,26)(H2,23,24,28);1H. The molecule has 0 radical (unpaired) electrons. The fourth-order valence-corrected chi connectivity index (χ4v) is 3.26. The Balaban J connectivity index is 0.00000420. The number of amides is 4. The van der Waals surface area contributed by atoms with E-state index in [2.05, 4.69) is 16.0 Å². The smallest absolute Gasteiger partial charge is 0.319 e. The minimum atomic E-state index is -0.307. The Morgan fingerprint density at radius 2 is 2.00 bits per heavy atom. The third-order valence-electron chi connectivity index (χ3n) is 4.58. The normalized spacial score (nSPS) is 16.0. The quantitative estimate of drug-likeness (QED) is 0.535. The van der Waals surface area contributed by atoms with Crippen molar-refractivity contribution in [2.24, 2.45) is 5.73 Å². The Hall–Kier alpha value is -2.32. The van der Waals surface area contributed by atoms with Crippen LogP contribution in [0, 0.1) is 0 Å². The molecule has 0 saturated carbocycles. The van der Waals surface area contributed by atoms with E-state index in [-0.39, 0.29) is 48.8 Å². The van der Waals surface area contributed by atoms with Crippen molar-refractivity contribution in [2.75, 3.05) is 25.0 Å². The number of likely N-dealkylation sites (tertiary alicyclic amines) is 1. The molecular weight excluding hydrogens is 394 g/mol. The maximum atomic E-state index is 13.1. The number of rotatable bonds is 7. The SMILES string of the molecule is CC(C)NC(=O)Nc1cccc(C(=O)N2CCCCC2CNC(=O)CCN)c1.Cl. The molecule has 1 saturated heterocycles. The van der Waals surface area contributed by atoms with Crippen LogP contribution in [0.3, 0.4) is 0 Å². The van der Waals surface area contributed by atoms with Crippen LogP contribution in [-0.4, -0.2) is 54.5 Å². The Morgan fingerprint density at radius 1 is 1.24 bits per heavy atom. The summed E-state index contributed by atoms with van der Waals surface area (Å²) in [5, 5.41) is 8.37. The van der Waals surface area contributed by atoms with Gasteiger partial charge in [0, 0.05) is 49.4 Å². The molecule has 1 atom stereocenters. The van der Waals surface area contributed by atoms with E-state index in [9.17, 15) is 14.4 Å². The van der Waals surface area contributed by atoms with Crippen molar-refractivity contribution in [3.63, 3.8) is 0 Å². The van der Waals surface area contributed by atoms with Gasteiger partial charge < -0.3 is 26.6 Å². The van der Waals surface area contributed by atoms with Gasteiger partial charge in [0.2, 0.25) is 5.91 Å². The predicted octanol–water partition coefficient (Wildman–Crippen LogP) is 2.10. The second-order valence-corrected chi connectivity index (χ2v) is 7.32. The predicted molar refractivity (Wildman–Crippen MR) is 116 cm³/mol. The molecule has 162 valence electrons. The summed E-state index contributed by atoms with van der Waals surface area (Å²) in [5.74, 6) is -0.187. The molecule has 1 aliphatic rings. The highest BCUT2D eigenvalue weighted by atomic mass is 35.5. The number of carbonyl (C=O) groups is 3. The Labute approximate surface area is 178 Å². The molecule has 0 bridgehead atoms. The van der Waals surface area contributed by atoms with E-state index in [1.54, 1.807) is 24.3 Å². The molecule has 8 nitrogen and oxygen atoms in total. The van der Waals surface area contributed by atoms with Gasteiger partial charge in [0.15, 0.2) is 0 Å². The summed E-state index contributed by atoms with van der Waals surface area (Å²) >= 11 is 0. The van der Waals surface area contributed by atoms with E-state index in [1.165, 1.54) is 0 Å². The lowest BCUT2D eigenvalue weighted by molar-refractivity contribution is -0.121. The lowest BCUT2D eigenvalue weighted by Gasteiger charge is -2.36. The maximum absolute atomic E-state index is 13.1. The van der Waals surface area contributed by atoms with Gasteiger partial charge >= 0.3 is 6.03 Å². The minimum absolute atomic E-state index is 0. The van der Waals surface area contributed by atoms with Crippen LogP contribution in [-0.2, 0) is 4.79 Å². The van der Waals surface area contributed by atoms with Crippen molar-refractivity contribution >= 4 is 35.9 Å². The first kappa shape index (κ1) is 24.7. The van der Waals surface area contributed by atoms with E-state index in [0.29, 0.717) is 30.9 Å². The van der Waals surface area contributed by atoms with Crippen LogP contribution >= 0.6 is 12.4 Å². The summed E-state index contributed by atoms with van der Waals surface area (Å²) in [5.41, 5.74) is 6.48. The van der Waals surface area contributed by atoms with Crippen LogP contribution in [0.1, 0.15) is 49.9 Å². The van der Waals surface area contributed by atoms with E-state index in [0.717, 1.165) is 19.3 Å². The maximum Gasteiger partial charge on any atom is 0.319 e. The average molecular weight is 426 g/mol. The molecule has 1 unspecified atom stereocenters. The minimum Gasteiger partial charge on any atom is -0.354 e. The van der Waals surface area contributed by atoms with Gasteiger partial charge in [0.25, 0.3) is 5.91 Å². The first-order valence-electron chi connectivity index (χ1n) is 9.86. The summed E-state index contributed by atoms with van der Waals surface area (Å²) in [6.45, 7) is 5.15. The third-order valence-corrected chi connectivity index (χ3v) is 4.58. The topological polar surface area (TPSA) is 117 Å². The van der Waals surface area contributed by atoms with Crippen LogP contribution in [0.4, 0.5) is 10.5 Å². The van der Waals surface area contributed by atoms with Crippen LogP contribution in [0.25, 0.3) is 0 Å². The molecule has 0 aliphatic carbocycles. The Morgan fingerprint density at radius 3 is 2.69 bits per heavy atom. The molecular formula is C20H32ClN5O3. The van der Waals surface area contributed by atoms with Crippen LogP contribution < -0.4 is 21.7 Å². The first-order chi connectivity index (χ1) is 13.4. The molecule has 1 fully saturated rings. The van der Waals surface area contributed by atoms with Crippen LogP contribution in [0.5, 0.6) is 0 Å². The molecule has 2 rings (SSSR count). The number of hydrogen-bond donors (Lipinski definition) is 4. The lowest BCUT2D eigenvalue weighted by Crippen LogP contribution is -2.49. The van der Waals surface area contributed by atoms with E-state index in [1.807, 2.05) is 18.7 Å². The number of halogens is 1. The molecule has 1 aromatic rings. The molecule has 29 heavy (non-hydrogen) atoms. The van der Waals surface area contributed by atoms with Crippen molar-refractivity contribution < 1.29 is 14.4 Å². The van der Waals surface area contributed by atoms with Gasteiger partial charge in [0.05, 0.1) is 0 Å².